The van der Waals surface area contributed by atoms with Crippen molar-refractivity contribution in [1.29, 1.82) is 0 Å². The van der Waals surface area contributed by atoms with Crippen LogP contribution in [0, 0.1) is 5.82 Å². The van der Waals surface area contributed by atoms with Gasteiger partial charge in [-0.15, -0.1) is 0 Å². The van der Waals surface area contributed by atoms with Crippen LogP contribution in [0.5, 0.6) is 0 Å². The second kappa shape index (κ2) is 6.56. The Morgan fingerprint density at radius 2 is 1.86 bits per heavy atom. The van der Waals surface area contributed by atoms with Crippen molar-refractivity contribution in [2.24, 2.45) is 0 Å². The summed E-state index contributed by atoms with van der Waals surface area (Å²) >= 11 is 0. The lowest BCUT2D eigenvalue weighted by molar-refractivity contribution is -0.122. The van der Waals surface area contributed by atoms with Crippen molar-refractivity contribution < 1.29 is 9.18 Å². The van der Waals surface area contributed by atoms with E-state index in [9.17, 15) is 9.18 Å². The Hall–Kier alpha value is -1.42. The number of carbonyl (C=O) groups excluding carboxylic acids is 1. The van der Waals surface area contributed by atoms with Crippen molar-refractivity contribution in [3.05, 3.63) is 35.6 Å². The molecule has 0 aliphatic heterocycles. The Morgan fingerprint density at radius 1 is 1.24 bits per heavy atom. The SMILES string of the molecule is CC(C)(C)NC(=O)CCNC1CC(c2ccc(F)cc2)C1. The molecule has 1 amide bonds. The van der Waals surface area contributed by atoms with E-state index in [0.717, 1.165) is 12.8 Å². The molecule has 0 bridgehead atoms. The molecule has 0 radical (unpaired) electrons. The van der Waals surface area contributed by atoms with Gasteiger partial charge < -0.3 is 10.6 Å². The molecular weight excluding hydrogens is 267 g/mol. The van der Waals surface area contributed by atoms with Crippen LogP contribution in [-0.2, 0) is 4.79 Å². The van der Waals surface area contributed by atoms with Crippen molar-refractivity contribution >= 4 is 5.91 Å². The third-order valence-corrected chi connectivity index (χ3v) is 3.78. The van der Waals surface area contributed by atoms with Crippen molar-refractivity contribution in [2.45, 2.75) is 57.5 Å². The maximum Gasteiger partial charge on any atom is 0.221 e. The van der Waals surface area contributed by atoms with Gasteiger partial charge in [0.15, 0.2) is 0 Å². The first-order chi connectivity index (χ1) is 9.83. The standard InChI is InChI=1S/C17H25FN2O/c1-17(2,3)20-16(21)8-9-19-15-10-13(11-15)12-4-6-14(18)7-5-12/h4-7,13,15,19H,8-11H2,1-3H3,(H,20,21). The number of hydrogen-bond acceptors (Lipinski definition) is 2. The third kappa shape index (κ3) is 5.12. The molecular formula is C17H25FN2O. The summed E-state index contributed by atoms with van der Waals surface area (Å²) in [5, 5.41) is 6.37. The Labute approximate surface area is 126 Å². The highest BCUT2D eigenvalue weighted by Crippen LogP contribution is 2.36. The van der Waals surface area contributed by atoms with E-state index in [1.807, 2.05) is 32.9 Å². The molecule has 2 N–H and O–H groups in total. The first-order valence-electron chi connectivity index (χ1n) is 7.63. The van der Waals surface area contributed by atoms with Crippen molar-refractivity contribution in [3.63, 3.8) is 0 Å². The lowest BCUT2D eigenvalue weighted by Crippen LogP contribution is -2.44. The molecule has 1 aliphatic carbocycles. The van der Waals surface area contributed by atoms with Gasteiger partial charge in [-0.2, -0.15) is 0 Å². The molecule has 21 heavy (non-hydrogen) atoms. The molecule has 1 fully saturated rings. The van der Waals surface area contributed by atoms with Crippen LogP contribution in [0.4, 0.5) is 4.39 Å². The van der Waals surface area contributed by atoms with Gasteiger partial charge in [0.2, 0.25) is 5.91 Å². The quantitative estimate of drug-likeness (QED) is 0.876. The fraction of sp³-hybridized carbons (Fsp3) is 0.588. The van der Waals surface area contributed by atoms with Gasteiger partial charge in [0, 0.05) is 24.5 Å². The Bertz CT molecular complexity index is 473. The molecule has 0 saturated heterocycles. The van der Waals surface area contributed by atoms with Crippen LogP contribution in [0.1, 0.15) is 51.5 Å². The van der Waals surface area contributed by atoms with Crippen molar-refractivity contribution in [1.82, 2.24) is 10.6 Å². The summed E-state index contributed by atoms with van der Waals surface area (Å²) < 4.78 is 12.9. The zero-order valence-corrected chi connectivity index (χ0v) is 13.1. The summed E-state index contributed by atoms with van der Waals surface area (Å²) in [7, 11) is 0. The zero-order valence-electron chi connectivity index (χ0n) is 13.1. The summed E-state index contributed by atoms with van der Waals surface area (Å²) in [5.74, 6) is 0.425. The normalized spacial score (nSPS) is 21.7. The van der Waals surface area contributed by atoms with Gasteiger partial charge in [0.05, 0.1) is 0 Å². The summed E-state index contributed by atoms with van der Waals surface area (Å²) in [5.41, 5.74) is 1.04. The number of nitrogens with one attached hydrogen (secondary N) is 2. The highest BCUT2D eigenvalue weighted by atomic mass is 19.1. The Kier molecular flexibility index (Phi) is 4.99. The van der Waals surface area contributed by atoms with E-state index in [-0.39, 0.29) is 17.3 Å². The maximum atomic E-state index is 12.9. The molecule has 0 heterocycles. The van der Waals surface area contributed by atoms with E-state index in [1.165, 1.54) is 17.7 Å². The fourth-order valence-electron chi connectivity index (χ4n) is 2.66. The Balaban J connectivity index is 1.63. The van der Waals surface area contributed by atoms with Crippen LogP contribution in [0.25, 0.3) is 0 Å². The average Bonchev–Trinajstić information content (AvgIpc) is 2.31. The molecule has 0 unspecified atom stereocenters. The van der Waals surface area contributed by atoms with Crippen LogP contribution in [0.15, 0.2) is 24.3 Å². The molecule has 1 aromatic rings. The summed E-state index contributed by atoms with van der Waals surface area (Å²) in [4.78, 5) is 11.7. The van der Waals surface area contributed by atoms with Crippen LogP contribution in [0.2, 0.25) is 0 Å². The van der Waals surface area contributed by atoms with Crippen LogP contribution in [0.3, 0.4) is 0 Å². The third-order valence-electron chi connectivity index (χ3n) is 3.78. The number of hydrogen-bond donors (Lipinski definition) is 2. The number of benzene rings is 1. The van der Waals surface area contributed by atoms with Crippen LogP contribution >= 0.6 is 0 Å². The summed E-state index contributed by atoms with van der Waals surface area (Å²) in [6, 6.07) is 7.25. The lowest BCUT2D eigenvalue weighted by Gasteiger charge is -2.36. The molecule has 116 valence electrons. The molecule has 1 aromatic carbocycles. The molecule has 3 nitrogen and oxygen atoms in total. The number of rotatable bonds is 5. The predicted molar refractivity (Wildman–Crippen MR) is 82.7 cm³/mol. The topological polar surface area (TPSA) is 41.1 Å². The molecule has 4 heteroatoms. The minimum Gasteiger partial charge on any atom is -0.351 e. The lowest BCUT2D eigenvalue weighted by atomic mass is 9.76. The van der Waals surface area contributed by atoms with Gasteiger partial charge >= 0.3 is 0 Å². The second-order valence-electron chi connectivity index (χ2n) is 6.92. The number of amides is 1. The minimum absolute atomic E-state index is 0.0874. The monoisotopic (exact) mass is 292 g/mol. The Morgan fingerprint density at radius 3 is 2.43 bits per heavy atom. The summed E-state index contributed by atoms with van der Waals surface area (Å²) in [6.07, 6.45) is 2.63. The number of carbonyl (C=O) groups is 1. The maximum absolute atomic E-state index is 12.9. The molecule has 0 atom stereocenters. The highest BCUT2D eigenvalue weighted by molar-refractivity contribution is 5.76. The molecule has 2 rings (SSSR count). The first kappa shape index (κ1) is 16.0. The zero-order chi connectivity index (χ0) is 15.5. The van der Waals surface area contributed by atoms with Crippen molar-refractivity contribution in [3.8, 4) is 0 Å². The average molecular weight is 292 g/mol. The van der Waals surface area contributed by atoms with Crippen LogP contribution in [-0.4, -0.2) is 24.0 Å². The fourth-order valence-corrected chi connectivity index (χ4v) is 2.66. The van der Waals surface area contributed by atoms with Gasteiger partial charge in [0.25, 0.3) is 0 Å². The van der Waals surface area contributed by atoms with E-state index in [4.69, 9.17) is 0 Å². The molecule has 1 saturated carbocycles. The predicted octanol–water partition coefficient (Wildman–Crippen LogP) is 2.97. The molecule has 0 spiro atoms. The van der Waals surface area contributed by atoms with Gasteiger partial charge in [-0.05, 0) is 57.2 Å². The summed E-state index contributed by atoms with van der Waals surface area (Å²) in [6.45, 7) is 6.66. The highest BCUT2D eigenvalue weighted by Gasteiger charge is 2.29. The number of halogens is 1. The van der Waals surface area contributed by atoms with Gasteiger partial charge in [-0.1, -0.05) is 12.1 Å². The first-order valence-corrected chi connectivity index (χ1v) is 7.63. The van der Waals surface area contributed by atoms with E-state index in [0.29, 0.717) is 24.9 Å². The van der Waals surface area contributed by atoms with E-state index >= 15 is 0 Å². The smallest absolute Gasteiger partial charge is 0.221 e. The van der Waals surface area contributed by atoms with E-state index in [1.54, 1.807) is 0 Å². The van der Waals surface area contributed by atoms with Gasteiger partial charge in [-0.3, -0.25) is 4.79 Å². The molecule has 0 aromatic heterocycles. The molecule has 1 aliphatic rings. The second-order valence-corrected chi connectivity index (χ2v) is 6.92. The van der Waals surface area contributed by atoms with Crippen molar-refractivity contribution in [2.75, 3.05) is 6.54 Å². The van der Waals surface area contributed by atoms with E-state index < -0.39 is 0 Å². The van der Waals surface area contributed by atoms with Crippen LogP contribution < -0.4 is 10.6 Å². The van der Waals surface area contributed by atoms with Gasteiger partial charge in [-0.25, -0.2) is 4.39 Å². The van der Waals surface area contributed by atoms with E-state index in [2.05, 4.69) is 10.6 Å². The van der Waals surface area contributed by atoms with Gasteiger partial charge in [0.1, 0.15) is 5.82 Å². The minimum atomic E-state index is -0.183. The largest absolute Gasteiger partial charge is 0.351 e.